The van der Waals surface area contributed by atoms with Gasteiger partial charge in [-0.2, -0.15) is 0 Å². The average Bonchev–Trinajstić information content (AvgIpc) is 3.07. The van der Waals surface area contributed by atoms with Gasteiger partial charge in [0.1, 0.15) is 0 Å². The smallest absolute Gasteiger partial charge is 0.238 e. The standard InChI is InChI=1S/C20H26N4O2S/c1-3-16-6-4-5-7-18(16)22-19(25)13-23-8-10-24(11-9-23)20(26)12-17-14-27-15(2)21-17/h4-7,14H,3,8-13H2,1-2H3,(H,22,25). The van der Waals surface area contributed by atoms with Gasteiger partial charge in [-0.25, -0.2) is 4.98 Å². The summed E-state index contributed by atoms with van der Waals surface area (Å²) in [5.41, 5.74) is 2.87. The van der Waals surface area contributed by atoms with Crippen LogP contribution in [0.4, 0.5) is 5.69 Å². The van der Waals surface area contributed by atoms with Crippen LogP contribution in [-0.2, 0) is 22.4 Å². The third-order valence-electron chi connectivity index (χ3n) is 4.76. The maximum Gasteiger partial charge on any atom is 0.238 e. The van der Waals surface area contributed by atoms with E-state index < -0.39 is 0 Å². The SMILES string of the molecule is CCc1ccccc1NC(=O)CN1CCN(C(=O)Cc2csc(C)n2)CC1. The average molecular weight is 387 g/mol. The van der Waals surface area contributed by atoms with Gasteiger partial charge in [0.05, 0.1) is 23.7 Å². The Labute approximate surface area is 164 Å². The van der Waals surface area contributed by atoms with Crippen molar-refractivity contribution in [2.24, 2.45) is 0 Å². The van der Waals surface area contributed by atoms with E-state index in [1.165, 1.54) is 0 Å². The number of thiazole rings is 1. The van der Waals surface area contributed by atoms with Gasteiger partial charge in [-0.3, -0.25) is 14.5 Å². The lowest BCUT2D eigenvalue weighted by Crippen LogP contribution is -2.50. The summed E-state index contributed by atoms with van der Waals surface area (Å²) < 4.78 is 0. The van der Waals surface area contributed by atoms with Crippen molar-refractivity contribution in [1.29, 1.82) is 0 Å². The third-order valence-corrected chi connectivity index (χ3v) is 5.59. The number of benzene rings is 1. The lowest BCUT2D eigenvalue weighted by atomic mass is 10.1. The van der Waals surface area contributed by atoms with Crippen molar-refractivity contribution in [1.82, 2.24) is 14.8 Å². The number of rotatable bonds is 6. The molecule has 0 bridgehead atoms. The van der Waals surface area contributed by atoms with Crippen molar-refractivity contribution in [3.05, 3.63) is 45.9 Å². The summed E-state index contributed by atoms with van der Waals surface area (Å²) in [6.45, 7) is 7.11. The highest BCUT2D eigenvalue weighted by Gasteiger charge is 2.23. The lowest BCUT2D eigenvalue weighted by Gasteiger charge is -2.34. The summed E-state index contributed by atoms with van der Waals surface area (Å²) in [5, 5.41) is 5.94. The Morgan fingerprint density at radius 2 is 1.93 bits per heavy atom. The molecule has 0 radical (unpaired) electrons. The first-order chi connectivity index (χ1) is 13.0. The van der Waals surface area contributed by atoms with E-state index in [9.17, 15) is 9.59 Å². The molecule has 1 aliphatic heterocycles. The largest absolute Gasteiger partial charge is 0.340 e. The number of amides is 2. The lowest BCUT2D eigenvalue weighted by molar-refractivity contribution is -0.132. The van der Waals surface area contributed by atoms with Gasteiger partial charge in [-0.15, -0.1) is 11.3 Å². The molecule has 0 spiro atoms. The van der Waals surface area contributed by atoms with Gasteiger partial charge in [0, 0.05) is 37.2 Å². The zero-order chi connectivity index (χ0) is 19.2. The molecule has 1 aromatic carbocycles. The Kier molecular flexibility index (Phi) is 6.58. The first kappa shape index (κ1) is 19.5. The van der Waals surface area contributed by atoms with E-state index in [1.807, 2.05) is 41.5 Å². The van der Waals surface area contributed by atoms with E-state index in [0.29, 0.717) is 39.1 Å². The van der Waals surface area contributed by atoms with Gasteiger partial charge in [0.15, 0.2) is 0 Å². The monoisotopic (exact) mass is 386 g/mol. The summed E-state index contributed by atoms with van der Waals surface area (Å²) in [4.78, 5) is 33.1. The fourth-order valence-corrected chi connectivity index (χ4v) is 3.87. The second-order valence-corrected chi connectivity index (χ2v) is 7.81. The van der Waals surface area contributed by atoms with Gasteiger partial charge in [0.25, 0.3) is 0 Å². The molecule has 2 amide bonds. The van der Waals surface area contributed by atoms with Crippen LogP contribution in [0.25, 0.3) is 0 Å². The number of nitrogens with one attached hydrogen (secondary N) is 1. The number of aryl methyl sites for hydroxylation is 2. The van der Waals surface area contributed by atoms with Gasteiger partial charge in [0.2, 0.25) is 11.8 Å². The highest BCUT2D eigenvalue weighted by Crippen LogP contribution is 2.15. The summed E-state index contributed by atoms with van der Waals surface area (Å²) in [6.07, 6.45) is 1.24. The van der Waals surface area contributed by atoms with Gasteiger partial charge >= 0.3 is 0 Å². The van der Waals surface area contributed by atoms with Crippen LogP contribution in [0.1, 0.15) is 23.2 Å². The number of carbonyl (C=O) groups is 2. The molecule has 0 unspecified atom stereocenters. The normalized spacial score (nSPS) is 15.0. The molecule has 3 rings (SSSR count). The van der Waals surface area contributed by atoms with Crippen molar-refractivity contribution in [3.8, 4) is 0 Å². The zero-order valence-electron chi connectivity index (χ0n) is 15.9. The predicted octanol–water partition coefficient (Wildman–Crippen LogP) is 2.34. The van der Waals surface area contributed by atoms with E-state index in [4.69, 9.17) is 0 Å². The first-order valence-electron chi connectivity index (χ1n) is 9.34. The fourth-order valence-electron chi connectivity index (χ4n) is 3.25. The zero-order valence-corrected chi connectivity index (χ0v) is 16.7. The molecule has 0 atom stereocenters. The maximum atomic E-state index is 12.4. The molecule has 7 heteroatoms. The number of piperazine rings is 1. The van der Waals surface area contributed by atoms with Crippen LogP contribution in [0.15, 0.2) is 29.6 Å². The second-order valence-electron chi connectivity index (χ2n) is 6.75. The second kappa shape index (κ2) is 9.10. The van der Waals surface area contributed by atoms with Crippen molar-refractivity contribution in [2.75, 3.05) is 38.0 Å². The molecule has 1 saturated heterocycles. The summed E-state index contributed by atoms with van der Waals surface area (Å²) in [7, 11) is 0. The highest BCUT2D eigenvalue weighted by atomic mass is 32.1. The molecule has 27 heavy (non-hydrogen) atoms. The number of hydrogen-bond donors (Lipinski definition) is 1. The van der Waals surface area contributed by atoms with Crippen LogP contribution in [0, 0.1) is 6.92 Å². The highest BCUT2D eigenvalue weighted by molar-refractivity contribution is 7.09. The number of carbonyl (C=O) groups excluding carboxylic acids is 2. The number of nitrogens with zero attached hydrogens (tertiary/aromatic N) is 3. The molecule has 2 aromatic rings. The van der Waals surface area contributed by atoms with E-state index in [-0.39, 0.29) is 11.8 Å². The van der Waals surface area contributed by atoms with Crippen LogP contribution in [0.2, 0.25) is 0 Å². The van der Waals surface area contributed by atoms with Crippen LogP contribution in [-0.4, -0.2) is 59.3 Å². The molecule has 0 aliphatic carbocycles. The fraction of sp³-hybridized carbons (Fsp3) is 0.450. The first-order valence-corrected chi connectivity index (χ1v) is 10.2. The molecule has 0 saturated carbocycles. The Hall–Kier alpha value is -2.25. The molecule has 1 aliphatic rings. The number of para-hydroxylation sites is 1. The van der Waals surface area contributed by atoms with Crippen molar-refractivity contribution < 1.29 is 9.59 Å². The molecule has 2 heterocycles. The molecular formula is C20H26N4O2S. The van der Waals surface area contributed by atoms with Crippen molar-refractivity contribution in [2.45, 2.75) is 26.7 Å². The summed E-state index contributed by atoms with van der Waals surface area (Å²) in [5.74, 6) is 0.106. The van der Waals surface area contributed by atoms with E-state index >= 15 is 0 Å². The summed E-state index contributed by atoms with van der Waals surface area (Å²) >= 11 is 1.57. The third kappa shape index (κ3) is 5.37. The molecule has 6 nitrogen and oxygen atoms in total. The van der Waals surface area contributed by atoms with Crippen LogP contribution >= 0.6 is 11.3 Å². The molecule has 1 aromatic heterocycles. The Bertz CT molecular complexity index is 797. The number of aromatic nitrogens is 1. The van der Waals surface area contributed by atoms with Crippen LogP contribution in [0.3, 0.4) is 0 Å². The van der Waals surface area contributed by atoms with Gasteiger partial charge in [-0.1, -0.05) is 25.1 Å². The number of anilines is 1. The van der Waals surface area contributed by atoms with Crippen molar-refractivity contribution in [3.63, 3.8) is 0 Å². The van der Waals surface area contributed by atoms with E-state index in [2.05, 4.69) is 22.1 Å². The quantitative estimate of drug-likeness (QED) is 0.828. The minimum absolute atomic E-state index is 0.00590. The Morgan fingerprint density at radius 1 is 1.19 bits per heavy atom. The number of hydrogen-bond acceptors (Lipinski definition) is 5. The summed E-state index contributed by atoms with van der Waals surface area (Å²) in [6, 6.07) is 7.89. The molecular weight excluding hydrogens is 360 g/mol. The topological polar surface area (TPSA) is 65.5 Å². The van der Waals surface area contributed by atoms with Crippen molar-refractivity contribution >= 4 is 28.8 Å². The molecule has 1 N–H and O–H groups in total. The molecule has 144 valence electrons. The van der Waals surface area contributed by atoms with Crippen LogP contribution < -0.4 is 5.32 Å². The maximum absolute atomic E-state index is 12.4. The van der Waals surface area contributed by atoms with E-state index in [1.54, 1.807) is 11.3 Å². The predicted molar refractivity (Wildman–Crippen MR) is 108 cm³/mol. The van der Waals surface area contributed by atoms with E-state index in [0.717, 1.165) is 28.4 Å². The van der Waals surface area contributed by atoms with Gasteiger partial charge < -0.3 is 10.2 Å². The minimum Gasteiger partial charge on any atom is -0.340 e. The molecule has 1 fully saturated rings. The Morgan fingerprint density at radius 3 is 2.59 bits per heavy atom. The Balaban J connectivity index is 1.45. The van der Waals surface area contributed by atoms with Crippen LogP contribution in [0.5, 0.6) is 0 Å². The minimum atomic E-state index is -0.00590. The van der Waals surface area contributed by atoms with Gasteiger partial charge in [-0.05, 0) is 25.0 Å².